The van der Waals surface area contributed by atoms with Crippen molar-refractivity contribution < 1.29 is 4.79 Å². The van der Waals surface area contributed by atoms with E-state index in [2.05, 4.69) is 66.7 Å². The highest BCUT2D eigenvalue weighted by atomic mass is 32.1. The average Bonchev–Trinajstić information content (AvgIpc) is 3.49. The van der Waals surface area contributed by atoms with Crippen LogP contribution in [0.3, 0.4) is 0 Å². The molecule has 0 aliphatic heterocycles. The Bertz CT molecular complexity index is 1200. The van der Waals surface area contributed by atoms with Crippen molar-refractivity contribution in [3.05, 3.63) is 93.3 Å². The molecule has 4 rings (SSSR count). The minimum Gasteiger partial charge on any atom is -0.378 e. The number of hydrogen-bond acceptors (Lipinski definition) is 4. The molecule has 0 amide bonds. The van der Waals surface area contributed by atoms with Gasteiger partial charge in [-0.1, -0.05) is 36.9 Å². The lowest BCUT2D eigenvalue weighted by molar-refractivity contribution is -0.110. The van der Waals surface area contributed by atoms with Crippen LogP contribution in [-0.4, -0.2) is 6.29 Å². The Morgan fingerprint density at radius 3 is 2.53 bits per heavy atom. The van der Waals surface area contributed by atoms with Crippen LogP contribution >= 0.6 is 11.3 Å². The molecule has 0 radical (unpaired) electrons. The molecule has 1 aromatic heterocycles. The molecule has 1 fully saturated rings. The Balaban J connectivity index is 1.74. The summed E-state index contributed by atoms with van der Waals surface area (Å²) in [5.41, 5.74) is 6.29. The van der Waals surface area contributed by atoms with Gasteiger partial charge in [-0.25, -0.2) is 0 Å². The lowest BCUT2D eigenvalue weighted by Gasteiger charge is -2.36. The molecule has 4 heteroatoms. The van der Waals surface area contributed by atoms with E-state index in [0.29, 0.717) is 11.5 Å². The van der Waals surface area contributed by atoms with Gasteiger partial charge in [0.2, 0.25) is 0 Å². The van der Waals surface area contributed by atoms with Gasteiger partial charge in [0.25, 0.3) is 0 Å². The van der Waals surface area contributed by atoms with Gasteiger partial charge >= 0.3 is 0 Å². The number of carbonyl (C=O) groups excluding carboxylic acids is 1. The van der Waals surface area contributed by atoms with Gasteiger partial charge in [0, 0.05) is 10.6 Å². The number of thiophene rings is 1. The number of nitrogens with one attached hydrogen (secondary N) is 1. The molecule has 2 aromatic carbocycles. The van der Waals surface area contributed by atoms with Gasteiger partial charge in [-0.2, -0.15) is 5.26 Å². The third-order valence-electron chi connectivity index (χ3n) is 6.23. The average molecular weight is 441 g/mol. The zero-order valence-electron chi connectivity index (χ0n) is 18.8. The molecule has 0 spiro atoms. The highest BCUT2D eigenvalue weighted by Crippen LogP contribution is 2.43. The van der Waals surface area contributed by atoms with E-state index in [-0.39, 0.29) is 5.92 Å². The number of nitriles is 1. The van der Waals surface area contributed by atoms with E-state index in [0.717, 1.165) is 39.1 Å². The van der Waals surface area contributed by atoms with E-state index in [1.54, 1.807) is 11.3 Å². The summed E-state index contributed by atoms with van der Waals surface area (Å²) < 4.78 is 0. The van der Waals surface area contributed by atoms with E-state index in [9.17, 15) is 10.1 Å². The summed E-state index contributed by atoms with van der Waals surface area (Å²) in [6, 6.07) is 18.8. The number of carbonyl (C=O) groups is 1. The fourth-order valence-electron chi connectivity index (χ4n) is 4.45. The Labute approximate surface area is 194 Å². The van der Waals surface area contributed by atoms with Crippen LogP contribution in [0.25, 0.3) is 11.1 Å². The molecule has 162 valence electrons. The second-order valence-electron chi connectivity index (χ2n) is 9.06. The third kappa shape index (κ3) is 4.40. The van der Waals surface area contributed by atoms with Crippen LogP contribution < -0.4 is 5.32 Å². The van der Waals surface area contributed by atoms with E-state index in [1.165, 1.54) is 18.4 Å². The fraction of sp³-hybridized carbons (Fsp3) is 0.286. The standard InChI is InChI=1S/C28H28N2OS/c1-18(2)30-28(4,26(16-31)23-9-7-22(8-10-23)21-5-6-21)27-14-25(17-32-27)24-12-19(3)11-20(13-24)15-29/h7-14,16-17,21,26,30H,1,5-6H2,2-4H3. The zero-order chi connectivity index (χ0) is 22.9. The van der Waals surface area contributed by atoms with E-state index >= 15 is 0 Å². The SMILES string of the molecule is C=C(C)NC(C)(c1cc(-c2cc(C)cc(C#N)c2)cs1)C(C=O)c1ccc(C2CC2)cc1. The fourth-order valence-corrected chi connectivity index (χ4v) is 5.53. The number of allylic oxidation sites excluding steroid dienone is 1. The first-order chi connectivity index (χ1) is 15.3. The van der Waals surface area contributed by atoms with Crippen molar-refractivity contribution >= 4 is 17.6 Å². The van der Waals surface area contributed by atoms with Gasteiger partial charge in [-0.15, -0.1) is 11.3 Å². The maximum atomic E-state index is 12.4. The maximum Gasteiger partial charge on any atom is 0.130 e. The molecule has 2 unspecified atom stereocenters. The minimum absolute atomic E-state index is 0.369. The number of benzene rings is 2. The number of hydrogen-bond donors (Lipinski definition) is 1. The molecule has 0 saturated heterocycles. The predicted octanol–water partition coefficient (Wildman–Crippen LogP) is 6.79. The van der Waals surface area contributed by atoms with Crippen LogP contribution in [0.2, 0.25) is 0 Å². The summed E-state index contributed by atoms with van der Waals surface area (Å²) in [6.07, 6.45) is 3.56. The predicted molar refractivity (Wildman–Crippen MR) is 132 cm³/mol. The number of aryl methyl sites for hydroxylation is 1. The molecule has 1 aliphatic carbocycles. The Hall–Kier alpha value is -3.16. The van der Waals surface area contributed by atoms with Crippen LogP contribution in [0.4, 0.5) is 0 Å². The van der Waals surface area contributed by atoms with Crippen LogP contribution in [-0.2, 0) is 10.3 Å². The van der Waals surface area contributed by atoms with Crippen molar-refractivity contribution in [1.82, 2.24) is 5.32 Å². The van der Waals surface area contributed by atoms with Crippen LogP contribution in [0.5, 0.6) is 0 Å². The number of aldehydes is 1. The van der Waals surface area contributed by atoms with Gasteiger partial charge < -0.3 is 10.1 Å². The van der Waals surface area contributed by atoms with Crippen molar-refractivity contribution in [3.8, 4) is 17.2 Å². The summed E-state index contributed by atoms with van der Waals surface area (Å²) in [6.45, 7) is 10.1. The van der Waals surface area contributed by atoms with E-state index in [1.807, 2.05) is 26.0 Å². The molecule has 0 bridgehead atoms. The molecule has 3 aromatic rings. The summed E-state index contributed by atoms with van der Waals surface area (Å²) in [5.74, 6) is 0.317. The molecule has 3 nitrogen and oxygen atoms in total. The van der Waals surface area contributed by atoms with Crippen molar-refractivity contribution in [2.24, 2.45) is 0 Å². The van der Waals surface area contributed by atoms with Crippen molar-refractivity contribution in [1.29, 1.82) is 5.26 Å². The monoisotopic (exact) mass is 440 g/mol. The minimum atomic E-state index is -0.639. The molecule has 1 N–H and O–H groups in total. The summed E-state index contributed by atoms with van der Waals surface area (Å²) in [7, 11) is 0. The normalized spacial score (nSPS) is 15.9. The van der Waals surface area contributed by atoms with Crippen LogP contribution in [0, 0.1) is 18.3 Å². The lowest BCUT2D eigenvalue weighted by atomic mass is 9.79. The van der Waals surface area contributed by atoms with Crippen molar-refractivity contribution in [2.75, 3.05) is 0 Å². The van der Waals surface area contributed by atoms with Gasteiger partial charge in [0.05, 0.1) is 23.1 Å². The van der Waals surface area contributed by atoms with E-state index < -0.39 is 5.54 Å². The molecular formula is C28H28N2OS. The Kier molecular flexibility index (Phi) is 6.04. The topological polar surface area (TPSA) is 52.9 Å². The highest BCUT2D eigenvalue weighted by Gasteiger charge is 2.38. The molecule has 1 heterocycles. The molecule has 32 heavy (non-hydrogen) atoms. The largest absolute Gasteiger partial charge is 0.378 e. The van der Waals surface area contributed by atoms with Crippen molar-refractivity contribution in [2.45, 2.75) is 51.0 Å². The van der Waals surface area contributed by atoms with Crippen LogP contribution in [0.1, 0.15) is 65.7 Å². The highest BCUT2D eigenvalue weighted by molar-refractivity contribution is 7.10. The Morgan fingerprint density at radius 2 is 1.94 bits per heavy atom. The summed E-state index contributed by atoms with van der Waals surface area (Å²) >= 11 is 1.62. The Morgan fingerprint density at radius 1 is 1.22 bits per heavy atom. The van der Waals surface area contributed by atoms with Gasteiger partial charge in [0.15, 0.2) is 0 Å². The first-order valence-electron chi connectivity index (χ1n) is 10.9. The second kappa shape index (κ2) is 8.76. The van der Waals surface area contributed by atoms with Crippen molar-refractivity contribution in [3.63, 3.8) is 0 Å². The van der Waals surface area contributed by atoms with Gasteiger partial charge in [0.1, 0.15) is 6.29 Å². The van der Waals surface area contributed by atoms with Crippen LogP contribution in [0.15, 0.2) is 66.2 Å². The second-order valence-corrected chi connectivity index (χ2v) is 9.97. The zero-order valence-corrected chi connectivity index (χ0v) is 19.6. The van der Waals surface area contributed by atoms with Gasteiger partial charge in [-0.05, 0) is 90.9 Å². The molecule has 2 atom stereocenters. The molecular weight excluding hydrogens is 412 g/mol. The third-order valence-corrected chi connectivity index (χ3v) is 7.39. The van der Waals surface area contributed by atoms with E-state index in [4.69, 9.17) is 0 Å². The quantitative estimate of drug-likeness (QED) is 0.392. The summed E-state index contributed by atoms with van der Waals surface area (Å²) in [4.78, 5) is 13.5. The van der Waals surface area contributed by atoms with Gasteiger partial charge in [-0.3, -0.25) is 0 Å². The summed E-state index contributed by atoms with van der Waals surface area (Å²) in [5, 5.41) is 15.0. The molecule has 1 aliphatic rings. The lowest BCUT2D eigenvalue weighted by Crippen LogP contribution is -2.43. The first-order valence-corrected chi connectivity index (χ1v) is 11.8. The number of rotatable bonds is 8. The smallest absolute Gasteiger partial charge is 0.130 e. The maximum absolute atomic E-state index is 12.4. The first kappa shape index (κ1) is 22.0. The number of nitrogens with zero attached hydrogens (tertiary/aromatic N) is 1. The molecule has 1 saturated carbocycles.